The second kappa shape index (κ2) is 8.16. The Morgan fingerprint density at radius 3 is 2.32 bits per heavy atom. The Balaban J connectivity index is 2.99. The van der Waals surface area contributed by atoms with Gasteiger partial charge in [0.15, 0.2) is 0 Å². The van der Waals surface area contributed by atoms with E-state index in [0.29, 0.717) is 12.6 Å². The number of benzene rings is 1. The summed E-state index contributed by atoms with van der Waals surface area (Å²) in [5, 5.41) is 3.38. The highest BCUT2D eigenvalue weighted by atomic mass is 19.1. The van der Waals surface area contributed by atoms with Crippen molar-refractivity contribution in [2.75, 3.05) is 18.0 Å². The molecule has 0 saturated heterocycles. The molecule has 0 aliphatic heterocycles. The van der Waals surface area contributed by atoms with Gasteiger partial charge in [-0.15, -0.1) is 0 Å². The topological polar surface area (TPSA) is 15.3 Å². The molecule has 3 heteroatoms. The van der Waals surface area contributed by atoms with E-state index in [0.717, 1.165) is 37.2 Å². The van der Waals surface area contributed by atoms with Crippen molar-refractivity contribution >= 4 is 5.69 Å². The number of hydrogen-bond donors (Lipinski definition) is 1. The summed E-state index contributed by atoms with van der Waals surface area (Å²) in [6.45, 7) is 11.0. The fourth-order valence-corrected chi connectivity index (χ4v) is 2.25. The van der Waals surface area contributed by atoms with Gasteiger partial charge >= 0.3 is 0 Å². The number of nitrogens with one attached hydrogen (secondary N) is 1. The van der Waals surface area contributed by atoms with Crippen molar-refractivity contribution < 1.29 is 4.39 Å². The summed E-state index contributed by atoms with van der Waals surface area (Å²) in [6, 6.07) is 5.78. The first-order valence-electron chi connectivity index (χ1n) is 7.35. The quantitative estimate of drug-likeness (QED) is 0.766. The lowest BCUT2D eigenvalue weighted by Crippen LogP contribution is -2.29. The van der Waals surface area contributed by atoms with Crippen LogP contribution in [0.5, 0.6) is 0 Å². The minimum atomic E-state index is -0.107. The van der Waals surface area contributed by atoms with Gasteiger partial charge in [-0.05, 0) is 24.5 Å². The van der Waals surface area contributed by atoms with E-state index < -0.39 is 0 Å². The standard InChI is InChI=1S/C16H27FN2/c1-5-10-19(11-6-2)16-14(12-18-13(3)4)8-7-9-15(16)17/h7-9,13,18H,5-6,10-12H2,1-4H3. The third-order valence-electron chi connectivity index (χ3n) is 3.07. The summed E-state index contributed by atoms with van der Waals surface area (Å²) in [4.78, 5) is 2.17. The average molecular weight is 266 g/mol. The van der Waals surface area contributed by atoms with E-state index in [1.54, 1.807) is 12.1 Å². The number of halogens is 1. The van der Waals surface area contributed by atoms with E-state index in [-0.39, 0.29) is 5.82 Å². The van der Waals surface area contributed by atoms with Crippen molar-refractivity contribution in [3.05, 3.63) is 29.6 Å². The van der Waals surface area contributed by atoms with Crippen molar-refractivity contribution in [1.82, 2.24) is 5.32 Å². The lowest BCUT2D eigenvalue weighted by molar-refractivity contribution is 0.575. The highest BCUT2D eigenvalue weighted by Gasteiger charge is 2.15. The lowest BCUT2D eigenvalue weighted by Gasteiger charge is -2.27. The maximum absolute atomic E-state index is 14.2. The number of para-hydroxylation sites is 1. The van der Waals surface area contributed by atoms with E-state index in [1.165, 1.54) is 0 Å². The van der Waals surface area contributed by atoms with Crippen LogP contribution in [0.4, 0.5) is 10.1 Å². The van der Waals surface area contributed by atoms with Crippen LogP contribution >= 0.6 is 0 Å². The van der Waals surface area contributed by atoms with Gasteiger partial charge in [0.25, 0.3) is 0 Å². The molecule has 19 heavy (non-hydrogen) atoms. The molecule has 0 fully saturated rings. The Morgan fingerprint density at radius 2 is 1.79 bits per heavy atom. The van der Waals surface area contributed by atoms with Gasteiger partial charge < -0.3 is 10.2 Å². The molecule has 0 amide bonds. The SMILES string of the molecule is CCCN(CCC)c1c(F)cccc1CNC(C)C. The molecule has 1 aromatic rings. The van der Waals surface area contributed by atoms with Gasteiger partial charge in [0.05, 0.1) is 5.69 Å². The summed E-state index contributed by atoms with van der Waals surface area (Å²) >= 11 is 0. The zero-order chi connectivity index (χ0) is 14.3. The van der Waals surface area contributed by atoms with Crippen molar-refractivity contribution in [3.8, 4) is 0 Å². The van der Waals surface area contributed by atoms with Crippen LogP contribution in [-0.4, -0.2) is 19.1 Å². The average Bonchev–Trinajstić information content (AvgIpc) is 2.36. The highest BCUT2D eigenvalue weighted by Crippen LogP contribution is 2.25. The number of hydrogen-bond acceptors (Lipinski definition) is 2. The molecular formula is C16H27FN2. The zero-order valence-electron chi connectivity index (χ0n) is 12.7. The Morgan fingerprint density at radius 1 is 1.16 bits per heavy atom. The summed E-state index contributed by atoms with van der Waals surface area (Å²) in [7, 11) is 0. The van der Waals surface area contributed by atoms with Crippen molar-refractivity contribution in [2.45, 2.75) is 53.1 Å². The fourth-order valence-electron chi connectivity index (χ4n) is 2.25. The van der Waals surface area contributed by atoms with Crippen LogP contribution in [0.2, 0.25) is 0 Å². The molecule has 0 radical (unpaired) electrons. The van der Waals surface area contributed by atoms with Gasteiger partial charge in [0, 0.05) is 25.7 Å². The van der Waals surface area contributed by atoms with Crippen LogP contribution < -0.4 is 10.2 Å². The van der Waals surface area contributed by atoms with Gasteiger partial charge in [0.1, 0.15) is 5.82 Å². The predicted molar refractivity (Wildman–Crippen MR) is 81.2 cm³/mol. The van der Waals surface area contributed by atoms with E-state index >= 15 is 0 Å². The molecule has 1 rings (SSSR count). The monoisotopic (exact) mass is 266 g/mol. The predicted octanol–water partition coefficient (Wildman–Crippen LogP) is 3.95. The first-order valence-corrected chi connectivity index (χ1v) is 7.35. The number of nitrogens with zero attached hydrogens (tertiary/aromatic N) is 1. The maximum Gasteiger partial charge on any atom is 0.146 e. The first kappa shape index (κ1) is 16.0. The minimum Gasteiger partial charge on any atom is -0.369 e. The van der Waals surface area contributed by atoms with Crippen LogP contribution in [0.1, 0.15) is 46.1 Å². The molecule has 0 aliphatic rings. The smallest absolute Gasteiger partial charge is 0.146 e. The molecular weight excluding hydrogens is 239 g/mol. The van der Waals surface area contributed by atoms with Crippen molar-refractivity contribution in [2.24, 2.45) is 0 Å². The summed E-state index contributed by atoms with van der Waals surface area (Å²) in [5.74, 6) is -0.107. The van der Waals surface area contributed by atoms with E-state index in [4.69, 9.17) is 0 Å². The molecule has 0 unspecified atom stereocenters. The highest BCUT2D eigenvalue weighted by molar-refractivity contribution is 5.55. The molecule has 0 heterocycles. The lowest BCUT2D eigenvalue weighted by atomic mass is 10.1. The van der Waals surface area contributed by atoms with Crippen molar-refractivity contribution in [1.29, 1.82) is 0 Å². The Kier molecular flexibility index (Phi) is 6.85. The fraction of sp³-hybridized carbons (Fsp3) is 0.625. The molecule has 0 aliphatic carbocycles. The number of rotatable bonds is 8. The van der Waals surface area contributed by atoms with Crippen LogP contribution in [0, 0.1) is 5.82 Å². The largest absolute Gasteiger partial charge is 0.369 e. The minimum absolute atomic E-state index is 0.107. The van der Waals surface area contributed by atoms with Crippen LogP contribution in [0.25, 0.3) is 0 Å². The molecule has 0 atom stereocenters. The van der Waals surface area contributed by atoms with Gasteiger partial charge in [-0.3, -0.25) is 0 Å². The maximum atomic E-state index is 14.2. The third kappa shape index (κ3) is 4.83. The van der Waals surface area contributed by atoms with E-state index in [9.17, 15) is 4.39 Å². The van der Waals surface area contributed by atoms with Gasteiger partial charge in [0.2, 0.25) is 0 Å². The molecule has 108 valence electrons. The molecule has 0 aromatic heterocycles. The molecule has 0 bridgehead atoms. The third-order valence-corrected chi connectivity index (χ3v) is 3.07. The van der Waals surface area contributed by atoms with E-state index in [2.05, 4.69) is 37.9 Å². The Bertz CT molecular complexity index is 371. The summed E-state index contributed by atoms with van der Waals surface area (Å²) in [6.07, 6.45) is 2.07. The Labute approximate surface area is 117 Å². The summed E-state index contributed by atoms with van der Waals surface area (Å²) < 4.78 is 14.2. The van der Waals surface area contributed by atoms with E-state index in [1.807, 2.05) is 6.07 Å². The van der Waals surface area contributed by atoms with Crippen molar-refractivity contribution in [3.63, 3.8) is 0 Å². The normalized spacial score (nSPS) is 11.1. The molecule has 0 spiro atoms. The molecule has 1 aromatic carbocycles. The molecule has 1 N–H and O–H groups in total. The van der Waals surface area contributed by atoms with Gasteiger partial charge in [-0.1, -0.05) is 39.8 Å². The van der Waals surface area contributed by atoms with Crippen LogP contribution in [-0.2, 0) is 6.54 Å². The second-order valence-electron chi connectivity index (χ2n) is 5.27. The van der Waals surface area contributed by atoms with Crippen LogP contribution in [0.15, 0.2) is 18.2 Å². The Hall–Kier alpha value is -1.09. The summed E-state index contributed by atoms with van der Waals surface area (Å²) in [5.41, 5.74) is 1.83. The van der Waals surface area contributed by atoms with Gasteiger partial charge in [-0.2, -0.15) is 0 Å². The molecule has 2 nitrogen and oxygen atoms in total. The first-order chi connectivity index (χ1) is 9.10. The zero-order valence-corrected chi connectivity index (χ0v) is 12.7. The number of anilines is 1. The molecule has 0 saturated carbocycles. The second-order valence-corrected chi connectivity index (χ2v) is 5.27. The van der Waals surface area contributed by atoms with Crippen LogP contribution in [0.3, 0.4) is 0 Å². The van der Waals surface area contributed by atoms with Gasteiger partial charge in [-0.25, -0.2) is 4.39 Å².